The second-order valence-corrected chi connectivity index (χ2v) is 6.69. The predicted octanol–water partition coefficient (Wildman–Crippen LogP) is 4.06. The van der Waals surface area contributed by atoms with Gasteiger partial charge in [0.1, 0.15) is 0 Å². The molecule has 0 aliphatic heterocycles. The van der Waals surface area contributed by atoms with Crippen LogP contribution in [0.15, 0.2) is 21.1 Å². The van der Waals surface area contributed by atoms with Crippen molar-refractivity contribution in [2.75, 3.05) is 17.2 Å². The number of amides is 1. The predicted molar refractivity (Wildman–Crippen MR) is 88.6 cm³/mol. The molecular weight excluding hydrogens is 408 g/mol. The quantitative estimate of drug-likeness (QED) is 0.784. The van der Waals surface area contributed by atoms with Gasteiger partial charge in [-0.25, -0.2) is 0 Å². The Balaban J connectivity index is 2.19. The molecule has 0 saturated heterocycles. The molecule has 0 radical (unpaired) electrons. The van der Waals surface area contributed by atoms with Crippen LogP contribution < -0.4 is 10.6 Å². The number of nitrogens with one attached hydrogen (secondary N) is 2. The molecule has 0 saturated carbocycles. The number of carbonyl (C=O) groups excluding carboxylic acids is 1. The Hall–Kier alpha value is -0.990. The first kappa shape index (κ1) is 15.4. The molecular formula is C12H12Br2N4OS. The zero-order chi connectivity index (χ0) is 14.7. The van der Waals surface area contributed by atoms with Gasteiger partial charge in [0.25, 0.3) is 5.91 Å². The summed E-state index contributed by atoms with van der Waals surface area (Å²) in [6, 6.07) is 3.87. The SMILES string of the molecule is CCNc1nnc(C(=O)Nc2c(Br)cc(C)cc2Br)s1. The smallest absolute Gasteiger partial charge is 0.286 e. The molecule has 2 N–H and O–H groups in total. The van der Waals surface area contributed by atoms with Gasteiger partial charge in [-0.3, -0.25) is 4.79 Å². The van der Waals surface area contributed by atoms with Crippen LogP contribution in [0, 0.1) is 6.92 Å². The van der Waals surface area contributed by atoms with Crippen molar-refractivity contribution in [1.29, 1.82) is 0 Å². The Bertz CT molecular complexity index is 621. The molecule has 0 fully saturated rings. The first-order valence-electron chi connectivity index (χ1n) is 5.85. The maximum absolute atomic E-state index is 12.1. The number of rotatable bonds is 4. The number of benzene rings is 1. The molecule has 1 heterocycles. The standard InChI is InChI=1S/C12H12Br2N4OS/c1-3-15-12-18-17-11(20-12)10(19)16-9-7(13)4-6(2)5-8(9)14/h4-5H,3H2,1-2H3,(H,15,18)(H,16,19). The minimum Gasteiger partial charge on any atom is -0.360 e. The van der Waals surface area contributed by atoms with Crippen LogP contribution in [-0.4, -0.2) is 22.6 Å². The van der Waals surface area contributed by atoms with Crippen LogP contribution in [0.1, 0.15) is 22.3 Å². The summed E-state index contributed by atoms with van der Waals surface area (Å²) in [7, 11) is 0. The molecule has 106 valence electrons. The molecule has 0 unspecified atom stereocenters. The minimum absolute atomic E-state index is 0.281. The van der Waals surface area contributed by atoms with Crippen LogP contribution in [-0.2, 0) is 0 Å². The first-order chi connectivity index (χ1) is 9.51. The molecule has 0 spiro atoms. The van der Waals surface area contributed by atoms with Gasteiger partial charge in [0.2, 0.25) is 10.1 Å². The number of aryl methyl sites for hydroxylation is 1. The van der Waals surface area contributed by atoms with Gasteiger partial charge in [-0.05, 0) is 63.4 Å². The fraction of sp³-hybridized carbons (Fsp3) is 0.250. The topological polar surface area (TPSA) is 66.9 Å². The van der Waals surface area contributed by atoms with Crippen molar-refractivity contribution in [3.8, 4) is 0 Å². The van der Waals surface area contributed by atoms with Gasteiger partial charge in [0.15, 0.2) is 0 Å². The number of halogens is 2. The zero-order valence-corrected chi connectivity index (χ0v) is 14.8. The van der Waals surface area contributed by atoms with E-state index in [9.17, 15) is 4.79 Å². The number of aromatic nitrogens is 2. The number of carbonyl (C=O) groups is 1. The highest BCUT2D eigenvalue weighted by molar-refractivity contribution is 9.11. The van der Waals surface area contributed by atoms with E-state index in [2.05, 4.69) is 52.7 Å². The van der Waals surface area contributed by atoms with Crippen LogP contribution in [0.2, 0.25) is 0 Å². The van der Waals surface area contributed by atoms with E-state index in [4.69, 9.17) is 0 Å². The van der Waals surface area contributed by atoms with Crippen LogP contribution >= 0.6 is 43.2 Å². The summed E-state index contributed by atoms with van der Waals surface area (Å²) in [5.41, 5.74) is 1.77. The molecule has 1 aromatic heterocycles. The van der Waals surface area contributed by atoms with Crippen LogP contribution in [0.3, 0.4) is 0 Å². The molecule has 2 aromatic rings. The van der Waals surface area contributed by atoms with Gasteiger partial charge in [-0.2, -0.15) is 0 Å². The summed E-state index contributed by atoms with van der Waals surface area (Å²) >= 11 is 8.10. The molecule has 0 atom stereocenters. The highest BCUT2D eigenvalue weighted by atomic mass is 79.9. The Morgan fingerprint density at radius 2 is 1.95 bits per heavy atom. The molecule has 5 nitrogen and oxygen atoms in total. The lowest BCUT2D eigenvalue weighted by atomic mass is 10.2. The summed E-state index contributed by atoms with van der Waals surface area (Å²) in [5, 5.41) is 14.6. The molecule has 2 rings (SSSR count). The Labute approximate surface area is 137 Å². The second kappa shape index (κ2) is 6.64. The lowest BCUT2D eigenvalue weighted by Crippen LogP contribution is -2.12. The average molecular weight is 420 g/mol. The van der Waals surface area contributed by atoms with E-state index >= 15 is 0 Å². The first-order valence-corrected chi connectivity index (χ1v) is 8.26. The summed E-state index contributed by atoms with van der Waals surface area (Å²) < 4.78 is 1.63. The summed E-state index contributed by atoms with van der Waals surface area (Å²) in [4.78, 5) is 12.1. The fourth-order valence-electron chi connectivity index (χ4n) is 1.52. The molecule has 0 aliphatic rings. The Morgan fingerprint density at radius 1 is 1.30 bits per heavy atom. The van der Waals surface area contributed by atoms with Gasteiger partial charge >= 0.3 is 0 Å². The van der Waals surface area contributed by atoms with Crippen LogP contribution in [0.25, 0.3) is 0 Å². The van der Waals surface area contributed by atoms with Crippen molar-refractivity contribution in [3.63, 3.8) is 0 Å². The molecule has 1 amide bonds. The molecule has 1 aromatic carbocycles. The third kappa shape index (κ3) is 3.56. The van der Waals surface area contributed by atoms with Crippen molar-refractivity contribution >= 4 is 59.9 Å². The van der Waals surface area contributed by atoms with Gasteiger partial charge in [0, 0.05) is 15.5 Å². The van der Waals surface area contributed by atoms with Gasteiger partial charge in [-0.15, -0.1) is 10.2 Å². The third-order valence-electron chi connectivity index (χ3n) is 2.37. The Morgan fingerprint density at radius 3 is 2.55 bits per heavy atom. The van der Waals surface area contributed by atoms with E-state index in [0.717, 1.165) is 21.1 Å². The largest absolute Gasteiger partial charge is 0.360 e. The van der Waals surface area contributed by atoms with Crippen molar-refractivity contribution in [2.45, 2.75) is 13.8 Å². The highest BCUT2D eigenvalue weighted by Gasteiger charge is 2.16. The van der Waals surface area contributed by atoms with E-state index in [1.807, 2.05) is 26.0 Å². The van der Waals surface area contributed by atoms with Crippen molar-refractivity contribution in [2.24, 2.45) is 0 Å². The Kier molecular flexibility index (Phi) is 5.11. The molecule has 8 heteroatoms. The van der Waals surface area contributed by atoms with Gasteiger partial charge < -0.3 is 10.6 Å². The fourth-order valence-corrected chi connectivity index (χ4v) is 3.84. The van der Waals surface area contributed by atoms with Crippen LogP contribution in [0.5, 0.6) is 0 Å². The summed E-state index contributed by atoms with van der Waals surface area (Å²) in [5.74, 6) is -0.281. The van der Waals surface area contributed by atoms with E-state index < -0.39 is 0 Å². The highest BCUT2D eigenvalue weighted by Crippen LogP contribution is 2.32. The average Bonchev–Trinajstić information content (AvgIpc) is 2.82. The van der Waals surface area contributed by atoms with E-state index in [-0.39, 0.29) is 5.91 Å². The van der Waals surface area contributed by atoms with Crippen LogP contribution in [0.4, 0.5) is 10.8 Å². The summed E-state index contributed by atoms with van der Waals surface area (Å²) in [6.45, 7) is 4.68. The van der Waals surface area contributed by atoms with Gasteiger partial charge in [-0.1, -0.05) is 11.3 Å². The van der Waals surface area contributed by atoms with E-state index in [1.165, 1.54) is 11.3 Å². The lowest BCUT2D eigenvalue weighted by Gasteiger charge is -2.09. The number of hydrogen-bond acceptors (Lipinski definition) is 5. The third-order valence-corrected chi connectivity index (χ3v) is 4.50. The number of nitrogens with zero attached hydrogens (tertiary/aromatic N) is 2. The molecule has 0 bridgehead atoms. The van der Waals surface area contributed by atoms with Crippen molar-refractivity contribution < 1.29 is 4.79 Å². The summed E-state index contributed by atoms with van der Waals surface area (Å²) in [6.07, 6.45) is 0. The monoisotopic (exact) mass is 418 g/mol. The normalized spacial score (nSPS) is 10.4. The van der Waals surface area contributed by atoms with Crippen molar-refractivity contribution in [3.05, 3.63) is 31.6 Å². The molecule has 0 aliphatic carbocycles. The second-order valence-electron chi connectivity index (χ2n) is 4.00. The minimum atomic E-state index is -0.281. The zero-order valence-electron chi connectivity index (χ0n) is 10.8. The van der Waals surface area contributed by atoms with Gasteiger partial charge in [0.05, 0.1) is 5.69 Å². The number of anilines is 2. The van der Waals surface area contributed by atoms with E-state index in [0.29, 0.717) is 15.8 Å². The maximum atomic E-state index is 12.1. The molecule has 20 heavy (non-hydrogen) atoms. The van der Waals surface area contributed by atoms with E-state index in [1.54, 1.807) is 0 Å². The maximum Gasteiger partial charge on any atom is 0.286 e. The van der Waals surface area contributed by atoms with Crippen molar-refractivity contribution in [1.82, 2.24) is 10.2 Å². The number of hydrogen-bond donors (Lipinski definition) is 2. The lowest BCUT2D eigenvalue weighted by molar-refractivity contribution is 0.102.